The lowest BCUT2D eigenvalue weighted by molar-refractivity contribution is -0.135. The molecule has 1 aromatic rings. The topological polar surface area (TPSA) is 78.7 Å². The van der Waals surface area contributed by atoms with Gasteiger partial charge < -0.3 is 11.1 Å². The van der Waals surface area contributed by atoms with Crippen molar-refractivity contribution in [3.8, 4) is 0 Å². The van der Waals surface area contributed by atoms with Gasteiger partial charge in [-0.05, 0) is 63.0 Å². The van der Waals surface area contributed by atoms with Crippen LogP contribution in [0.15, 0.2) is 24.3 Å². The summed E-state index contributed by atoms with van der Waals surface area (Å²) in [5.41, 5.74) is 6.00. The second kappa shape index (κ2) is 8.37. The Morgan fingerprint density at radius 1 is 1.04 bits per heavy atom. The molecule has 2 aliphatic rings. The van der Waals surface area contributed by atoms with Crippen molar-refractivity contribution >= 4 is 29.1 Å². The number of nitrogens with zero attached hydrogens (tertiary/aromatic N) is 2. The minimum absolute atomic E-state index is 0.0585. The third-order valence-electron chi connectivity index (χ3n) is 5.60. The predicted octanol–water partition coefficient (Wildman–Crippen LogP) is 2.08. The Balaban J connectivity index is 1.54. The summed E-state index contributed by atoms with van der Waals surface area (Å²) in [4.78, 5) is 28.9. The minimum atomic E-state index is -0.538. The zero-order valence-electron chi connectivity index (χ0n) is 15.0. The third kappa shape index (κ3) is 4.37. The summed E-state index contributed by atoms with van der Waals surface area (Å²) >= 11 is 5.86. The number of nitrogens with two attached hydrogens (primary N) is 1. The molecule has 26 heavy (non-hydrogen) atoms. The Hall–Kier alpha value is -1.63. The molecule has 0 atom stereocenters. The van der Waals surface area contributed by atoms with Crippen LogP contribution in [0.2, 0.25) is 5.02 Å². The summed E-state index contributed by atoms with van der Waals surface area (Å²) in [5.74, 6) is -0.276. The van der Waals surface area contributed by atoms with Crippen LogP contribution in [-0.2, 0) is 9.59 Å². The van der Waals surface area contributed by atoms with Crippen LogP contribution < -0.4 is 11.1 Å². The highest BCUT2D eigenvalue weighted by Crippen LogP contribution is 2.31. The average molecular weight is 379 g/mol. The van der Waals surface area contributed by atoms with Gasteiger partial charge in [0.15, 0.2) is 0 Å². The standard InChI is InChI=1S/C19H27ClN4O2/c20-15-4-6-16(7-5-15)22-17(25)14-23-12-8-19(9-13-23,18(21)26)24-10-2-1-3-11-24/h4-7H,1-3,8-14H2,(H2,21,26)(H,22,25). The molecule has 0 spiro atoms. The van der Waals surface area contributed by atoms with Gasteiger partial charge in [-0.25, -0.2) is 0 Å². The van der Waals surface area contributed by atoms with Gasteiger partial charge in [0.2, 0.25) is 11.8 Å². The maximum atomic E-state index is 12.3. The maximum absolute atomic E-state index is 12.3. The Morgan fingerprint density at radius 2 is 1.65 bits per heavy atom. The van der Waals surface area contributed by atoms with Crippen molar-refractivity contribution in [3.05, 3.63) is 29.3 Å². The first-order valence-corrected chi connectivity index (χ1v) is 9.70. The molecule has 0 unspecified atom stereocenters. The molecule has 2 fully saturated rings. The predicted molar refractivity (Wildman–Crippen MR) is 103 cm³/mol. The molecule has 0 radical (unpaired) electrons. The molecule has 7 heteroatoms. The number of benzene rings is 1. The van der Waals surface area contributed by atoms with E-state index in [-0.39, 0.29) is 11.8 Å². The molecule has 2 heterocycles. The lowest BCUT2D eigenvalue weighted by atomic mass is 9.83. The van der Waals surface area contributed by atoms with Crippen molar-refractivity contribution in [3.63, 3.8) is 0 Å². The second-order valence-corrected chi connectivity index (χ2v) is 7.71. The van der Waals surface area contributed by atoms with E-state index in [1.54, 1.807) is 24.3 Å². The van der Waals surface area contributed by atoms with E-state index in [1.165, 1.54) is 6.42 Å². The van der Waals surface area contributed by atoms with Crippen LogP contribution in [-0.4, -0.2) is 59.9 Å². The summed E-state index contributed by atoms with van der Waals surface area (Å²) in [6, 6.07) is 7.06. The van der Waals surface area contributed by atoms with Crippen LogP contribution in [0.1, 0.15) is 32.1 Å². The number of rotatable bonds is 5. The zero-order chi connectivity index (χ0) is 18.6. The first-order chi connectivity index (χ1) is 12.5. The molecule has 6 nitrogen and oxygen atoms in total. The third-order valence-corrected chi connectivity index (χ3v) is 5.85. The number of amides is 2. The summed E-state index contributed by atoms with van der Waals surface area (Å²) < 4.78 is 0. The summed E-state index contributed by atoms with van der Waals surface area (Å²) in [7, 11) is 0. The number of hydrogen-bond acceptors (Lipinski definition) is 4. The van der Waals surface area contributed by atoms with Gasteiger partial charge in [0.25, 0.3) is 0 Å². The van der Waals surface area contributed by atoms with E-state index in [0.29, 0.717) is 37.5 Å². The van der Waals surface area contributed by atoms with Crippen molar-refractivity contribution < 1.29 is 9.59 Å². The van der Waals surface area contributed by atoms with Gasteiger partial charge in [-0.2, -0.15) is 0 Å². The lowest BCUT2D eigenvalue weighted by Crippen LogP contribution is -2.63. The molecular formula is C19H27ClN4O2. The fourth-order valence-electron chi connectivity index (χ4n) is 4.06. The van der Waals surface area contributed by atoms with E-state index in [4.69, 9.17) is 17.3 Å². The highest BCUT2D eigenvalue weighted by Gasteiger charge is 2.45. The summed E-state index contributed by atoms with van der Waals surface area (Å²) in [6.45, 7) is 3.61. The molecule has 0 saturated carbocycles. The Labute approximate surface area is 159 Å². The van der Waals surface area contributed by atoms with Crippen LogP contribution in [0.25, 0.3) is 0 Å². The molecule has 2 saturated heterocycles. The van der Waals surface area contributed by atoms with Gasteiger partial charge in [-0.15, -0.1) is 0 Å². The van der Waals surface area contributed by atoms with Crippen molar-refractivity contribution in [2.75, 3.05) is 38.0 Å². The number of anilines is 1. The quantitative estimate of drug-likeness (QED) is 0.822. The number of piperidine rings is 2. The fraction of sp³-hybridized carbons (Fsp3) is 0.579. The molecule has 3 N–H and O–H groups in total. The number of carbonyl (C=O) groups excluding carboxylic acids is 2. The van der Waals surface area contributed by atoms with Gasteiger partial charge in [0.1, 0.15) is 5.54 Å². The summed E-state index contributed by atoms with van der Waals surface area (Å²) in [6.07, 6.45) is 4.86. The van der Waals surface area contributed by atoms with E-state index in [9.17, 15) is 9.59 Å². The van der Waals surface area contributed by atoms with Crippen LogP contribution in [0.5, 0.6) is 0 Å². The average Bonchev–Trinajstić information content (AvgIpc) is 2.65. The number of halogens is 1. The van der Waals surface area contributed by atoms with E-state index in [0.717, 1.165) is 31.6 Å². The molecular weight excluding hydrogens is 352 g/mol. The van der Waals surface area contributed by atoms with Gasteiger partial charge in [0, 0.05) is 23.8 Å². The Bertz CT molecular complexity index is 635. The number of nitrogens with one attached hydrogen (secondary N) is 1. The smallest absolute Gasteiger partial charge is 0.238 e. The Morgan fingerprint density at radius 3 is 2.23 bits per heavy atom. The van der Waals surface area contributed by atoms with Crippen LogP contribution in [0, 0.1) is 0 Å². The fourth-order valence-corrected chi connectivity index (χ4v) is 4.18. The van der Waals surface area contributed by atoms with Crippen molar-refractivity contribution in [2.24, 2.45) is 5.73 Å². The van der Waals surface area contributed by atoms with Crippen molar-refractivity contribution in [2.45, 2.75) is 37.6 Å². The molecule has 0 aliphatic carbocycles. The molecule has 142 valence electrons. The van der Waals surface area contributed by atoms with Crippen molar-refractivity contribution in [1.82, 2.24) is 9.80 Å². The second-order valence-electron chi connectivity index (χ2n) is 7.27. The molecule has 1 aromatic carbocycles. The van der Waals surface area contributed by atoms with Gasteiger partial charge in [-0.3, -0.25) is 19.4 Å². The number of primary amides is 1. The Kier molecular flexibility index (Phi) is 6.16. The normalized spacial score (nSPS) is 21.3. The summed E-state index contributed by atoms with van der Waals surface area (Å²) in [5, 5.41) is 3.52. The molecule has 0 bridgehead atoms. The number of carbonyl (C=O) groups is 2. The van der Waals surface area contributed by atoms with Crippen LogP contribution in [0.4, 0.5) is 5.69 Å². The van der Waals surface area contributed by atoms with E-state index < -0.39 is 5.54 Å². The number of likely N-dealkylation sites (tertiary alicyclic amines) is 2. The highest BCUT2D eigenvalue weighted by atomic mass is 35.5. The zero-order valence-corrected chi connectivity index (χ0v) is 15.8. The van der Waals surface area contributed by atoms with Crippen molar-refractivity contribution in [1.29, 1.82) is 0 Å². The molecule has 0 aromatic heterocycles. The first-order valence-electron chi connectivity index (χ1n) is 9.32. The minimum Gasteiger partial charge on any atom is -0.368 e. The molecule has 3 rings (SSSR count). The van der Waals surface area contributed by atoms with Gasteiger partial charge in [0.05, 0.1) is 6.54 Å². The first kappa shape index (κ1) is 19.1. The maximum Gasteiger partial charge on any atom is 0.238 e. The monoisotopic (exact) mass is 378 g/mol. The molecule has 2 aliphatic heterocycles. The van der Waals surface area contributed by atoms with E-state index in [1.807, 2.05) is 0 Å². The lowest BCUT2D eigenvalue weighted by Gasteiger charge is -2.48. The largest absolute Gasteiger partial charge is 0.368 e. The molecule has 2 amide bonds. The highest BCUT2D eigenvalue weighted by molar-refractivity contribution is 6.30. The van der Waals surface area contributed by atoms with Gasteiger partial charge >= 0.3 is 0 Å². The van der Waals surface area contributed by atoms with Gasteiger partial charge in [-0.1, -0.05) is 18.0 Å². The van der Waals surface area contributed by atoms with E-state index >= 15 is 0 Å². The number of hydrogen-bond donors (Lipinski definition) is 2. The van der Waals surface area contributed by atoms with Crippen LogP contribution in [0.3, 0.4) is 0 Å². The SMILES string of the molecule is NC(=O)C1(N2CCCCC2)CCN(CC(=O)Nc2ccc(Cl)cc2)CC1. The van der Waals surface area contributed by atoms with Crippen LogP contribution >= 0.6 is 11.6 Å². The van der Waals surface area contributed by atoms with E-state index in [2.05, 4.69) is 15.1 Å².